The van der Waals surface area contributed by atoms with E-state index in [1.165, 1.54) is 6.92 Å². The number of benzene rings is 1. The van der Waals surface area contributed by atoms with Gasteiger partial charge in [-0.15, -0.1) is 0 Å². The average Bonchev–Trinajstić information content (AvgIpc) is 2.45. The monoisotopic (exact) mass is 326 g/mol. The van der Waals surface area contributed by atoms with Crippen LogP contribution in [0.1, 0.15) is 20.3 Å². The standard InChI is InChI=1S/C14H19ClN4O3/c1-3-6-16-14(22)19-13(21)8-17-12-7-10(15)4-5-11(12)18-9(2)20/h4-5,7,17H,3,6,8H2,1-2H3,(H,18,20)(H2,16,19,21,22). The Balaban J connectivity index is 2.59. The molecule has 4 amide bonds. The molecule has 1 aromatic rings. The molecule has 0 unspecified atom stereocenters. The van der Waals surface area contributed by atoms with E-state index < -0.39 is 11.9 Å². The molecule has 8 heteroatoms. The van der Waals surface area contributed by atoms with Gasteiger partial charge >= 0.3 is 6.03 Å². The Kier molecular flexibility index (Phi) is 7.18. The van der Waals surface area contributed by atoms with Crippen LogP contribution in [-0.4, -0.2) is 30.9 Å². The Morgan fingerprint density at radius 2 is 1.91 bits per heavy atom. The number of amides is 4. The van der Waals surface area contributed by atoms with Gasteiger partial charge in [0.25, 0.3) is 0 Å². The van der Waals surface area contributed by atoms with Crippen molar-refractivity contribution in [1.82, 2.24) is 10.6 Å². The number of carbonyl (C=O) groups is 3. The van der Waals surface area contributed by atoms with Crippen LogP contribution < -0.4 is 21.3 Å². The number of nitrogens with one attached hydrogen (secondary N) is 4. The second-order valence-corrected chi connectivity index (χ2v) is 4.97. The molecule has 0 aromatic heterocycles. The number of halogens is 1. The minimum Gasteiger partial charge on any atom is -0.374 e. The van der Waals surface area contributed by atoms with Gasteiger partial charge in [-0.1, -0.05) is 18.5 Å². The van der Waals surface area contributed by atoms with Crippen molar-refractivity contribution >= 4 is 40.8 Å². The maximum atomic E-state index is 11.7. The minimum absolute atomic E-state index is 0.132. The number of carbonyl (C=O) groups excluding carboxylic acids is 3. The van der Waals surface area contributed by atoms with Crippen LogP contribution in [-0.2, 0) is 9.59 Å². The molecular weight excluding hydrogens is 308 g/mol. The van der Waals surface area contributed by atoms with Crippen molar-refractivity contribution in [2.45, 2.75) is 20.3 Å². The summed E-state index contributed by atoms with van der Waals surface area (Å²) in [6.07, 6.45) is 0.780. The van der Waals surface area contributed by atoms with Crippen LogP contribution in [0, 0.1) is 0 Å². The normalized spacial score (nSPS) is 9.77. The summed E-state index contributed by atoms with van der Waals surface area (Å²) < 4.78 is 0. The molecule has 0 aliphatic carbocycles. The first kappa shape index (κ1) is 17.8. The average molecular weight is 327 g/mol. The summed E-state index contributed by atoms with van der Waals surface area (Å²) in [7, 11) is 0. The van der Waals surface area contributed by atoms with Crippen molar-refractivity contribution < 1.29 is 14.4 Å². The molecule has 0 atom stereocenters. The first-order valence-electron chi connectivity index (χ1n) is 6.81. The summed E-state index contributed by atoms with van der Waals surface area (Å²) in [4.78, 5) is 34.1. The SMILES string of the molecule is CCCNC(=O)NC(=O)CNc1cc(Cl)ccc1NC(C)=O. The molecule has 0 aliphatic heterocycles. The van der Waals surface area contributed by atoms with Gasteiger partial charge in [0.05, 0.1) is 17.9 Å². The maximum absolute atomic E-state index is 11.7. The molecule has 0 fully saturated rings. The first-order chi connectivity index (χ1) is 10.4. The van der Waals surface area contributed by atoms with E-state index in [0.29, 0.717) is 22.9 Å². The van der Waals surface area contributed by atoms with E-state index in [4.69, 9.17) is 11.6 Å². The molecule has 0 saturated carbocycles. The molecule has 22 heavy (non-hydrogen) atoms. The Morgan fingerprint density at radius 3 is 2.55 bits per heavy atom. The Morgan fingerprint density at radius 1 is 1.18 bits per heavy atom. The van der Waals surface area contributed by atoms with E-state index in [2.05, 4.69) is 21.3 Å². The summed E-state index contributed by atoms with van der Waals surface area (Å²) in [5, 5.41) is 10.6. The lowest BCUT2D eigenvalue weighted by Gasteiger charge is -2.12. The van der Waals surface area contributed by atoms with Gasteiger partial charge in [-0.3, -0.25) is 14.9 Å². The molecular formula is C14H19ClN4O3. The fraction of sp³-hybridized carbons (Fsp3) is 0.357. The first-order valence-corrected chi connectivity index (χ1v) is 7.19. The van der Waals surface area contributed by atoms with Crippen molar-refractivity contribution in [2.75, 3.05) is 23.7 Å². The predicted octanol–water partition coefficient (Wildman–Crippen LogP) is 1.95. The van der Waals surface area contributed by atoms with Crippen LogP contribution >= 0.6 is 11.6 Å². The van der Waals surface area contributed by atoms with Gasteiger partial charge in [-0.25, -0.2) is 4.79 Å². The summed E-state index contributed by atoms with van der Waals surface area (Å²) in [6, 6.07) is 4.28. The molecule has 120 valence electrons. The van der Waals surface area contributed by atoms with Gasteiger partial charge in [-0.05, 0) is 24.6 Å². The van der Waals surface area contributed by atoms with Crippen molar-refractivity contribution in [1.29, 1.82) is 0 Å². The number of hydrogen-bond donors (Lipinski definition) is 4. The molecule has 4 N–H and O–H groups in total. The largest absolute Gasteiger partial charge is 0.374 e. The third-order valence-electron chi connectivity index (χ3n) is 2.52. The number of imide groups is 1. The fourth-order valence-electron chi connectivity index (χ4n) is 1.59. The zero-order valence-corrected chi connectivity index (χ0v) is 13.2. The van der Waals surface area contributed by atoms with Gasteiger partial charge < -0.3 is 16.0 Å². The minimum atomic E-state index is -0.540. The van der Waals surface area contributed by atoms with Gasteiger partial charge in [0.1, 0.15) is 0 Å². The molecule has 0 saturated heterocycles. The molecule has 0 heterocycles. The third kappa shape index (κ3) is 6.45. The quantitative estimate of drug-likeness (QED) is 0.642. The van der Waals surface area contributed by atoms with Crippen molar-refractivity contribution in [3.8, 4) is 0 Å². The fourth-order valence-corrected chi connectivity index (χ4v) is 1.76. The summed E-state index contributed by atoms with van der Waals surface area (Å²) in [6.45, 7) is 3.65. The highest BCUT2D eigenvalue weighted by molar-refractivity contribution is 6.31. The Labute approximate surface area is 133 Å². The van der Waals surface area contributed by atoms with E-state index in [-0.39, 0.29) is 12.5 Å². The van der Waals surface area contributed by atoms with Crippen molar-refractivity contribution in [2.24, 2.45) is 0 Å². The smallest absolute Gasteiger partial charge is 0.321 e. The Hall–Kier alpha value is -2.28. The van der Waals surface area contributed by atoms with E-state index in [9.17, 15) is 14.4 Å². The second-order valence-electron chi connectivity index (χ2n) is 4.53. The summed E-state index contributed by atoms with van der Waals surface area (Å²) >= 11 is 5.89. The second kappa shape index (κ2) is 8.89. The third-order valence-corrected chi connectivity index (χ3v) is 2.76. The van der Waals surface area contributed by atoms with Crippen molar-refractivity contribution in [3.63, 3.8) is 0 Å². The van der Waals surface area contributed by atoms with E-state index in [1.807, 2.05) is 6.92 Å². The van der Waals surface area contributed by atoms with E-state index >= 15 is 0 Å². The van der Waals surface area contributed by atoms with E-state index in [0.717, 1.165) is 6.42 Å². The molecule has 0 bridgehead atoms. The van der Waals surface area contributed by atoms with Gasteiger partial charge in [-0.2, -0.15) is 0 Å². The zero-order chi connectivity index (χ0) is 16.5. The molecule has 0 radical (unpaired) electrons. The Bertz CT molecular complexity index is 563. The molecule has 0 aliphatic rings. The highest BCUT2D eigenvalue weighted by Gasteiger charge is 2.09. The summed E-state index contributed by atoms with van der Waals surface area (Å²) in [5.74, 6) is -0.740. The molecule has 1 rings (SSSR count). The lowest BCUT2D eigenvalue weighted by molar-refractivity contribution is -0.118. The lowest BCUT2D eigenvalue weighted by Crippen LogP contribution is -2.42. The predicted molar refractivity (Wildman–Crippen MR) is 86.1 cm³/mol. The van der Waals surface area contributed by atoms with Crippen LogP contribution in [0.4, 0.5) is 16.2 Å². The number of rotatable bonds is 6. The molecule has 0 spiro atoms. The van der Waals surface area contributed by atoms with Gasteiger partial charge in [0.2, 0.25) is 11.8 Å². The highest BCUT2D eigenvalue weighted by Crippen LogP contribution is 2.25. The maximum Gasteiger partial charge on any atom is 0.321 e. The lowest BCUT2D eigenvalue weighted by atomic mass is 10.2. The van der Waals surface area contributed by atoms with Crippen molar-refractivity contribution in [3.05, 3.63) is 23.2 Å². The van der Waals surface area contributed by atoms with Crippen LogP contribution in [0.25, 0.3) is 0 Å². The zero-order valence-electron chi connectivity index (χ0n) is 12.5. The van der Waals surface area contributed by atoms with Gasteiger partial charge in [0, 0.05) is 18.5 Å². The number of urea groups is 1. The van der Waals surface area contributed by atoms with Crippen LogP contribution in [0.2, 0.25) is 5.02 Å². The van der Waals surface area contributed by atoms with E-state index in [1.54, 1.807) is 18.2 Å². The van der Waals surface area contributed by atoms with Crippen LogP contribution in [0.5, 0.6) is 0 Å². The summed E-state index contributed by atoms with van der Waals surface area (Å²) in [5.41, 5.74) is 0.993. The topological polar surface area (TPSA) is 99.3 Å². The van der Waals surface area contributed by atoms with Crippen LogP contribution in [0.3, 0.4) is 0 Å². The highest BCUT2D eigenvalue weighted by atomic mass is 35.5. The van der Waals surface area contributed by atoms with Crippen LogP contribution in [0.15, 0.2) is 18.2 Å². The molecule has 7 nitrogen and oxygen atoms in total. The number of hydrogen-bond acceptors (Lipinski definition) is 4. The van der Waals surface area contributed by atoms with Gasteiger partial charge in [0.15, 0.2) is 0 Å². The number of anilines is 2. The molecule has 1 aromatic carbocycles.